The molecule has 0 N–H and O–H groups in total. The maximum atomic E-state index is 13.3. The fourth-order valence-electron chi connectivity index (χ4n) is 2.25. The standard InChI is InChI=1S/C16H10FN5/c17-13-1-2-14-11(8-13)7-12(9-19-14)15-3-4-16(21-20-15)22-6-5-18-10-22/h1-10H. The molecule has 0 unspecified atom stereocenters. The van der Waals surface area contributed by atoms with Gasteiger partial charge in [0.15, 0.2) is 5.82 Å². The lowest BCUT2D eigenvalue weighted by atomic mass is 10.1. The second-order valence-corrected chi connectivity index (χ2v) is 4.81. The van der Waals surface area contributed by atoms with Gasteiger partial charge in [-0.05, 0) is 36.4 Å². The number of fused-ring (bicyclic) bond motifs is 1. The van der Waals surface area contributed by atoms with Crippen molar-refractivity contribution in [3.8, 4) is 17.1 Å². The molecule has 0 fully saturated rings. The van der Waals surface area contributed by atoms with Gasteiger partial charge in [-0.15, -0.1) is 10.2 Å². The molecule has 0 bridgehead atoms. The molecule has 4 aromatic rings. The van der Waals surface area contributed by atoms with Crippen LogP contribution in [0.25, 0.3) is 28.0 Å². The second-order valence-electron chi connectivity index (χ2n) is 4.81. The Morgan fingerprint density at radius 3 is 2.73 bits per heavy atom. The van der Waals surface area contributed by atoms with Gasteiger partial charge in [-0.3, -0.25) is 9.55 Å². The van der Waals surface area contributed by atoms with Crippen molar-refractivity contribution in [1.82, 2.24) is 24.7 Å². The normalized spacial score (nSPS) is 11.0. The van der Waals surface area contributed by atoms with Gasteiger partial charge in [0.05, 0.1) is 11.2 Å². The number of benzene rings is 1. The van der Waals surface area contributed by atoms with Gasteiger partial charge < -0.3 is 0 Å². The van der Waals surface area contributed by atoms with Crippen LogP contribution in [0.5, 0.6) is 0 Å². The molecule has 5 nitrogen and oxygen atoms in total. The number of imidazole rings is 1. The van der Waals surface area contributed by atoms with E-state index in [9.17, 15) is 4.39 Å². The Morgan fingerprint density at radius 1 is 1.00 bits per heavy atom. The number of aromatic nitrogens is 5. The summed E-state index contributed by atoms with van der Waals surface area (Å²) in [5.74, 6) is 0.397. The van der Waals surface area contributed by atoms with Gasteiger partial charge in [-0.2, -0.15) is 0 Å². The minimum Gasteiger partial charge on any atom is -0.289 e. The molecule has 0 aliphatic heterocycles. The van der Waals surface area contributed by atoms with E-state index in [1.54, 1.807) is 35.6 Å². The van der Waals surface area contributed by atoms with E-state index in [4.69, 9.17) is 0 Å². The van der Waals surface area contributed by atoms with E-state index >= 15 is 0 Å². The Hall–Kier alpha value is -3.15. The first kappa shape index (κ1) is 12.6. The number of hydrogen-bond acceptors (Lipinski definition) is 4. The summed E-state index contributed by atoms with van der Waals surface area (Å²) in [6.07, 6.45) is 6.84. The Balaban J connectivity index is 1.75. The zero-order chi connectivity index (χ0) is 14.9. The van der Waals surface area contributed by atoms with Gasteiger partial charge in [0.25, 0.3) is 0 Å². The quantitative estimate of drug-likeness (QED) is 0.569. The van der Waals surface area contributed by atoms with Crippen LogP contribution in [0.1, 0.15) is 0 Å². The van der Waals surface area contributed by atoms with E-state index in [0.29, 0.717) is 11.5 Å². The molecule has 106 valence electrons. The van der Waals surface area contributed by atoms with Crippen LogP contribution in [0, 0.1) is 5.82 Å². The highest BCUT2D eigenvalue weighted by Crippen LogP contribution is 2.21. The van der Waals surface area contributed by atoms with Gasteiger partial charge >= 0.3 is 0 Å². The monoisotopic (exact) mass is 291 g/mol. The third kappa shape index (κ3) is 2.20. The van der Waals surface area contributed by atoms with Crippen LogP contribution in [-0.2, 0) is 0 Å². The van der Waals surface area contributed by atoms with Crippen LogP contribution in [0.2, 0.25) is 0 Å². The maximum Gasteiger partial charge on any atom is 0.160 e. The Labute approximate surface area is 125 Å². The highest BCUT2D eigenvalue weighted by atomic mass is 19.1. The summed E-state index contributed by atoms with van der Waals surface area (Å²) in [7, 11) is 0. The van der Waals surface area contributed by atoms with E-state index in [0.717, 1.165) is 16.5 Å². The first-order valence-electron chi connectivity index (χ1n) is 6.67. The Morgan fingerprint density at radius 2 is 1.95 bits per heavy atom. The number of pyridine rings is 1. The molecule has 0 saturated heterocycles. The zero-order valence-corrected chi connectivity index (χ0v) is 11.4. The summed E-state index contributed by atoms with van der Waals surface area (Å²) in [5, 5.41) is 9.10. The fourth-order valence-corrected chi connectivity index (χ4v) is 2.25. The van der Waals surface area contributed by atoms with Gasteiger partial charge in [0, 0.05) is 29.5 Å². The van der Waals surface area contributed by atoms with Crippen LogP contribution in [0.15, 0.2) is 61.3 Å². The molecule has 0 aliphatic rings. The van der Waals surface area contributed by atoms with Gasteiger partial charge in [0.2, 0.25) is 0 Å². The lowest BCUT2D eigenvalue weighted by Crippen LogP contribution is -1.97. The predicted octanol–water partition coefficient (Wildman–Crippen LogP) is 3.02. The highest BCUT2D eigenvalue weighted by Gasteiger charge is 2.05. The third-order valence-electron chi connectivity index (χ3n) is 3.36. The van der Waals surface area contributed by atoms with Crippen molar-refractivity contribution < 1.29 is 4.39 Å². The molecule has 0 radical (unpaired) electrons. The van der Waals surface area contributed by atoms with E-state index < -0.39 is 0 Å². The first-order valence-corrected chi connectivity index (χ1v) is 6.67. The largest absolute Gasteiger partial charge is 0.289 e. The third-order valence-corrected chi connectivity index (χ3v) is 3.36. The van der Waals surface area contributed by atoms with Crippen molar-refractivity contribution in [1.29, 1.82) is 0 Å². The van der Waals surface area contributed by atoms with Crippen LogP contribution in [0.4, 0.5) is 4.39 Å². The van der Waals surface area contributed by atoms with Gasteiger partial charge in [0.1, 0.15) is 12.1 Å². The summed E-state index contributed by atoms with van der Waals surface area (Å²) >= 11 is 0. The minimum absolute atomic E-state index is 0.284. The minimum atomic E-state index is -0.284. The summed E-state index contributed by atoms with van der Waals surface area (Å²) < 4.78 is 15.1. The van der Waals surface area contributed by atoms with Crippen molar-refractivity contribution in [3.63, 3.8) is 0 Å². The number of hydrogen-bond donors (Lipinski definition) is 0. The second kappa shape index (κ2) is 5.00. The molecule has 0 saturated carbocycles. The maximum absolute atomic E-state index is 13.3. The van der Waals surface area contributed by atoms with Crippen molar-refractivity contribution >= 4 is 10.9 Å². The smallest absolute Gasteiger partial charge is 0.160 e. The molecular formula is C16H10FN5. The lowest BCUT2D eigenvalue weighted by molar-refractivity contribution is 0.629. The van der Waals surface area contributed by atoms with Crippen molar-refractivity contribution in [2.24, 2.45) is 0 Å². The molecule has 0 amide bonds. The first-order chi connectivity index (χ1) is 10.8. The molecule has 0 spiro atoms. The number of rotatable bonds is 2. The summed E-state index contributed by atoms with van der Waals surface area (Å²) in [6, 6.07) is 10.1. The lowest BCUT2D eigenvalue weighted by Gasteiger charge is -2.04. The van der Waals surface area contributed by atoms with Crippen LogP contribution < -0.4 is 0 Å². The molecule has 22 heavy (non-hydrogen) atoms. The molecule has 0 atom stereocenters. The van der Waals surface area contributed by atoms with E-state index in [1.807, 2.05) is 18.2 Å². The van der Waals surface area contributed by atoms with Crippen molar-refractivity contribution in [2.45, 2.75) is 0 Å². The van der Waals surface area contributed by atoms with Crippen molar-refractivity contribution in [3.05, 3.63) is 67.1 Å². The van der Waals surface area contributed by atoms with Crippen LogP contribution >= 0.6 is 0 Å². The Kier molecular flexibility index (Phi) is 2.86. The van der Waals surface area contributed by atoms with Crippen LogP contribution in [0.3, 0.4) is 0 Å². The summed E-state index contributed by atoms with van der Waals surface area (Å²) in [5.41, 5.74) is 2.22. The van der Waals surface area contributed by atoms with Crippen LogP contribution in [-0.4, -0.2) is 24.7 Å². The average molecular weight is 291 g/mol. The summed E-state index contributed by atoms with van der Waals surface area (Å²) in [6.45, 7) is 0. The average Bonchev–Trinajstić information content (AvgIpc) is 3.09. The molecule has 3 aromatic heterocycles. The topological polar surface area (TPSA) is 56.5 Å². The number of halogens is 1. The molecule has 1 aromatic carbocycles. The molecule has 0 aliphatic carbocycles. The predicted molar refractivity (Wildman–Crippen MR) is 79.8 cm³/mol. The Bertz CT molecular complexity index is 933. The summed E-state index contributed by atoms with van der Waals surface area (Å²) in [4.78, 5) is 8.29. The molecule has 3 heterocycles. The molecule has 4 rings (SSSR count). The van der Waals surface area contributed by atoms with Crippen molar-refractivity contribution in [2.75, 3.05) is 0 Å². The number of nitrogens with zero attached hydrogens (tertiary/aromatic N) is 5. The van der Waals surface area contributed by atoms with E-state index in [2.05, 4.69) is 20.2 Å². The zero-order valence-electron chi connectivity index (χ0n) is 11.4. The van der Waals surface area contributed by atoms with Gasteiger partial charge in [-0.25, -0.2) is 9.37 Å². The molecular weight excluding hydrogens is 281 g/mol. The fraction of sp³-hybridized carbons (Fsp3) is 0. The molecule has 6 heteroatoms. The van der Waals surface area contributed by atoms with E-state index in [-0.39, 0.29) is 5.82 Å². The SMILES string of the molecule is Fc1ccc2ncc(-c3ccc(-n4ccnc4)nn3)cc2c1. The van der Waals surface area contributed by atoms with Gasteiger partial charge in [-0.1, -0.05) is 0 Å². The van der Waals surface area contributed by atoms with E-state index in [1.165, 1.54) is 12.1 Å². The highest BCUT2D eigenvalue weighted by molar-refractivity contribution is 5.82.